The van der Waals surface area contributed by atoms with E-state index < -0.39 is 0 Å². The molecule has 0 spiro atoms. The van der Waals surface area contributed by atoms with E-state index in [-0.39, 0.29) is 23.6 Å². The molecule has 27 heavy (non-hydrogen) atoms. The number of amides is 1. The molecule has 5 heteroatoms. The van der Waals surface area contributed by atoms with Crippen molar-refractivity contribution < 1.29 is 13.6 Å². The number of hydrogen-bond donors (Lipinski definition) is 0. The van der Waals surface area contributed by atoms with Crippen LogP contribution >= 0.6 is 0 Å². The summed E-state index contributed by atoms with van der Waals surface area (Å²) in [7, 11) is 0. The maximum Gasteiger partial charge on any atom is 0.223 e. The van der Waals surface area contributed by atoms with Gasteiger partial charge in [-0.05, 0) is 54.2 Å². The van der Waals surface area contributed by atoms with Crippen LogP contribution < -0.4 is 0 Å². The lowest BCUT2D eigenvalue weighted by Crippen LogP contribution is -2.55. The second kappa shape index (κ2) is 7.77. The average molecular weight is 370 g/mol. The molecule has 0 aliphatic carbocycles. The molecule has 0 radical (unpaired) electrons. The molecular formula is C22H24F2N2O. The van der Waals surface area contributed by atoms with Crippen LogP contribution in [0.5, 0.6) is 0 Å². The third-order valence-electron chi connectivity index (χ3n) is 5.79. The van der Waals surface area contributed by atoms with Crippen molar-refractivity contribution in [2.24, 2.45) is 5.92 Å². The van der Waals surface area contributed by atoms with Gasteiger partial charge in [0.2, 0.25) is 5.91 Å². The zero-order chi connectivity index (χ0) is 18.8. The van der Waals surface area contributed by atoms with Crippen LogP contribution in [0, 0.1) is 17.6 Å². The molecule has 0 saturated carbocycles. The SMILES string of the molecule is O=C1CC[C@@H]2CN(Cc3cccc(F)c3)CC[C@@H]2N1Cc1ccc(F)cc1. The topological polar surface area (TPSA) is 23.6 Å². The summed E-state index contributed by atoms with van der Waals surface area (Å²) in [6.07, 6.45) is 2.39. The minimum absolute atomic E-state index is 0.194. The average Bonchev–Trinajstić information content (AvgIpc) is 2.66. The van der Waals surface area contributed by atoms with Crippen LogP contribution in [-0.4, -0.2) is 34.8 Å². The quantitative estimate of drug-likeness (QED) is 0.813. The number of fused-ring (bicyclic) bond motifs is 1. The Morgan fingerprint density at radius 1 is 0.926 bits per heavy atom. The zero-order valence-electron chi connectivity index (χ0n) is 15.3. The van der Waals surface area contributed by atoms with E-state index in [9.17, 15) is 13.6 Å². The lowest BCUT2D eigenvalue weighted by atomic mass is 9.83. The van der Waals surface area contributed by atoms with Crippen LogP contribution in [0.25, 0.3) is 0 Å². The summed E-state index contributed by atoms with van der Waals surface area (Å²) in [6, 6.07) is 13.4. The van der Waals surface area contributed by atoms with Crippen molar-refractivity contribution in [2.75, 3.05) is 13.1 Å². The maximum atomic E-state index is 13.4. The summed E-state index contributed by atoms with van der Waals surface area (Å²) in [5.41, 5.74) is 1.95. The van der Waals surface area contributed by atoms with Gasteiger partial charge in [0.25, 0.3) is 0 Å². The van der Waals surface area contributed by atoms with Gasteiger partial charge < -0.3 is 4.90 Å². The fourth-order valence-electron chi connectivity index (χ4n) is 4.46. The molecule has 2 aromatic carbocycles. The summed E-state index contributed by atoms with van der Waals surface area (Å²) in [5, 5.41) is 0. The number of nitrogens with zero attached hydrogens (tertiary/aromatic N) is 2. The first-order chi connectivity index (χ1) is 13.1. The van der Waals surface area contributed by atoms with Crippen LogP contribution in [0.4, 0.5) is 8.78 Å². The molecule has 4 rings (SSSR count). The van der Waals surface area contributed by atoms with Gasteiger partial charge in [-0.25, -0.2) is 8.78 Å². The highest BCUT2D eigenvalue weighted by molar-refractivity contribution is 5.77. The molecule has 0 N–H and O–H groups in total. The normalized spacial score (nSPS) is 23.3. The predicted octanol–water partition coefficient (Wildman–Crippen LogP) is 3.98. The molecule has 2 saturated heterocycles. The number of halogens is 2. The lowest BCUT2D eigenvalue weighted by molar-refractivity contribution is -0.142. The fourth-order valence-corrected chi connectivity index (χ4v) is 4.46. The van der Waals surface area contributed by atoms with E-state index in [0.29, 0.717) is 18.9 Å². The molecule has 3 nitrogen and oxygen atoms in total. The zero-order valence-corrected chi connectivity index (χ0v) is 15.3. The summed E-state index contributed by atoms with van der Waals surface area (Å²) in [5.74, 6) is 0.174. The molecule has 0 aromatic heterocycles. The van der Waals surface area contributed by atoms with Crippen LogP contribution in [0.2, 0.25) is 0 Å². The Bertz CT molecular complexity index is 808. The molecule has 2 aromatic rings. The summed E-state index contributed by atoms with van der Waals surface area (Å²) in [4.78, 5) is 16.9. The minimum atomic E-state index is -0.257. The fraction of sp³-hybridized carbons (Fsp3) is 0.409. The van der Waals surface area contributed by atoms with Crippen molar-refractivity contribution in [2.45, 2.75) is 38.4 Å². The molecule has 2 fully saturated rings. The Morgan fingerprint density at radius 2 is 1.74 bits per heavy atom. The molecule has 0 bridgehead atoms. The predicted molar refractivity (Wildman–Crippen MR) is 99.8 cm³/mol. The molecule has 2 atom stereocenters. The van der Waals surface area contributed by atoms with Gasteiger partial charge >= 0.3 is 0 Å². The van der Waals surface area contributed by atoms with E-state index in [4.69, 9.17) is 0 Å². The molecule has 2 aliphatic heterocycles. The number of likely N-dealkylation sites (tertiary alicyclic amines) is 2. The first kappa shape index (κ1) is 18.1. The number of benzene rings is 2. The first-order valence-electron chi connectivity index (χ1n) is 9.59. The molecule has 1 amide bonds. The van der Waals surface area contributed by atoms with Crippen molar-refractivity contribution >= 4 is 5.91 Å². The number of carbonyl (C=O) groups is 1. The van der Waals surface area contributed by atoms with Crippen LogP contribution in [0.1, 0.15) is 30.4 Å². The number of hydrogen-bond acceptors (Lipinski definition) is 2. The Hall–Kier alpha value is -2.27. The van der Waals surface area contributed by atoms with Gasteiger partial charge in [-0.3, -0.25) is 9.69 Å². The maximum absolute atomic E-state index is 13.4. The van der Waals surface area contributed by atoms with Crippen molar-refractivity contribution in [1.29, 1.82) is 0 Å². The Morgan fingerprint density at radius 3 is 2.52 bits per heavy atom. The standard InChI is InChI=1S/C22H24F2N2O/c23-19-7-4-16(5-8-19)14-26-21-10-11-25(15-18(21)6-9-22(26)27)13-17-2-1-3-20(24)12-17/h1-5,7-8,12,18,21H,6,9-11,13-15H2/t18-,21+/m1/s1. The minimum Gasteiger partial charge on any atom is -0.335 e. The van der Waals surface area contributed by atoms with Crippen molar-refractivity contribution in [3.8, 4) is 0 Å². The van der Waals surface area contributed by atoms with Gasteiger partial charge in [-0.15, -0.1) is 0 Å². The van der Waals surface area contributed by atoms with E-state index >= 15 is 0 Å². The highest BCUT2D eigenvalue weighted by Gasteiger charge is 2.39. The second-order valence-electron chi connectivity index (χ2n) is 7.67. The summed E-state index contributed by atoms with van der Waals surface area (Å²) in [6.45, 7) is 3.11. The van der Waals surface area contributed by atoms with Crippen molar-refractivity contribution in [3.63, 3.8) is 0 Å². The van der Waals surface area contributed by atoms with Crippen molar-refractivity contribution in [1.82, 2.24) is 9.80 Å². The monoisotopic (exact) mass is 370 g/mol. The van der Waals surface area contributed by atoms with E-state index in [1.54, 1.807) is 24.3 Å². The Labute approximate surface area is 158 Å². The first-order valence-corrected chi connectivity index (χ1v) is 9.59. The van der Waals surface area contributed by atoms with Crippen LogP contribution in [0.15, 0.2) is 48.5 Å². The van der Waals surface area contributed by atoms with Gasteiger partial charge in [-0.2, -0.15) is 0 Å². The van der Waals surface area contributed by atoms with E-state index in [0.717, 1.165) is 43.6 Å². The lowest BCUT2D eigenvalue weighted by Gasteiger charge is -2.47. The summed E-state index contributed by atoms with van der Waals surface area (Å²) >= 11 is 0. The third kappa shape index (κ3) is 4.19. The van der Waals surface area contributed by atoms with Gasteiger partial charge in [0.05, 0.1) is 0 Å². The highest BCUT2D eigenvalue weighted by Crippen LogP contribution is 2.33. The highest BCUT2D eigenvalue weighted by atomic mass is 19.1. The second-order valence-corrected chi connectivity index (χ2v) is 7.67. The van der Waals surface area contributed by atoms with Gasteiger partial charge in [0.1, 0.15) is 11.6 Å². The number of rotatable bonds is 4. The van der Waals surface area contributed by atoms with Crippen molar-refractivity contribution in [3.05, 3.63) is 71.3 Å². The summed E-state index contributed by atoms with van der Waals surface area (Å²) < 4.78 is 26.6. The Balaban J connectivity index is 1.42. The third-order valence-corrected chi connectivity index (χ3v) is 5.79. The molecule has 142 valence electrons. The Kier molecular flexibility index (Phi) is 5.21. The number of piperidine rings is 2. The van der Waals surface area contributed by atoms with E-state index in [1.807, 2.05) is 11.0 Å². The van der Waals surface area contributed by atoms with Crippen LogP contribution in [0.3, 0.4) is 0 Å². The van der Waals surface area contributed by atoms with E-state index in [1.165, 1.54) is 18.2 Å². The molecule has 2 heterocycles. The van der Waals surface area contributed by atoms with Crippen LogP contribution in [-0.2, 0) is 17.9 Å². The molecular weight excluding hydrogens is 346 g/mol. The van der Waals surface area contributed by atoms with Gasteiger partial charge in [-0.1, -0.05) is 24.3 Å². The smallest absolute Gasteiger partial charge is 0.223 e. The number of carbonyl (C=O) groups excluding carboxylic acids is 1. The van der Waals surface area contributed by atoms with Gasteiger partial charge in [0, 0.05) is 38.6 Å². The molecule has 0 unspecified atom stereocenters. The molecule has 2 aliphatic rings. The largest absolute Gasteiger partial charge is 0.335 e. The van der Waals surface area contributed by atoms with Gasteiger partial charge in [0.15, 0.2) is 0 Å². The van der Waals surface area contributed by atoms with E-state index in [2.05, 4.69) is 4.90 Å².